The standard InChI is InChI=1S/C17H13FN4O3S/c1-9-12-7-13(26-16(12)22(2)20-9)17(23)24-8-14-19-15(21-25-14)10-3-5-11(18)6-4-10/h3-7H,8H2,1-2H3. The van der Waals surface area contributed by atoms with Gasteiger partial charge in [-0.15, -0.1) is 11.3 Å². The van der Waals surface area contributed by atoms with Crippen LogP contribution in [0.3, 0.4) is 0 Å². The maximum absolute atomic E-state index is 13.0. The number of halogens is 1. The van der Waals surface area contributed by atoms with E-state index in [1.54, 1.807) is 22.9 Å². The van der Waals surface area contributed by atoms with Crippen LogP contribution in [0.4, 0.5) is 4.39 Å². The van der Waals surface area contributed by atoms with Crippen molar-refractivity contribution >= 4 is 27.5 Å². The molecule has 0 unspecified atom stereocenters. The largest absolute Gasteiger partial charge is 0.451 e. The number of carbonyl (C=O) groups is 1. The molecule has 3 heterocycles. The van der Waals surface area contributed by atoms with E-state index in [2.05, 4.69) is 15.2 Å². The van der Waals surface area contributed by atoms with Gasteiger partial charge in [-0.25, -0.2) is 9.18 Å². The summed E-state index contributed by atoms with van der Waals surface area (Å²) in [5, 5.41) is 9.04. The molecule has 0 spiro atoms. The van der Waals surface area contributed by atoms with Gasteiger partial charge < -0.3 is 9.26 Å². The molecule has 0 aliphatic rings. The van der Waals surface area contributed by atoms with Gasteiger partial charge in [0.05, 0.1) is 5.69 Å². The molecule has 0 bridgehead atoms. The number of hydrogen-bond acceptors (Lipinski definition) is 7. The van der Waals surface area contributed by atoms with E-state index in [9.17, 15) is 9.18 Å². The summed E-state index contributed by atoms with van der Waals surface area (Å²) in [6.45, 7) is 1.75. The van der Waals surface area contributed by atoms with Crippen LogP contribution in [-0.4, -0.2) is 25.9 Å². The highest BCUT2D eigenvalue weighted by Gasteiger charge is 2.17. The fourth-order valence-corrected chi connectivity index (χ4v) is 3.55. The van der Waals surface area contributed by atoms with Crippen LogP contribution in [0.1, 0.15) is 21.3 Å². The normalized spacial score (nSPS) is 11.2. The number of fused-ring (bicyclic) bond motifs is 1. The van der Waals surface area contributed by atoms with E-state index in [4.69, 9.17) is 9.26 Å². The Morgan fingerprint density at radius 3 is 2.85 bits per heavy atom. The lowest BCUT2D eigenvalue weighted by molar-refractivity contribution is 0.0435. The molecule has 0 N–H and O–H groups in total. The Bertz CT molecular complexity index is 1060. The van der Waals surface area contributed by atoms with E-state index >= 15 is 0 Å². The zero-order valence-electron chi connectivity index (χ0n) is 13.9. The fourth-order valence-electron chi connectivity index (χ4n) is 2.53. The summed E-state index contributed by atoms with van der Waals surface area (Å²) in [7, 11) is 1.83. The molecular formula is C17H13FN4O3S. The first kappa shape index (κ1) is 16.4. The van der Waals surface area contributed by atoms with Crippen LogP contribution in [0.15, 0.2) is 34.9 Å². The van der Waals surface area contributed by atoms with Crippen LogP contribution in [-0.2, 0) is 18.4 Å². The molecular weight excluding hydrogens is 359 g/mol. The number of aromatic nitrogens is 4. The third kappa shape index (κ3) is 2.97. The van der Waals surface area contributed by atoms with Crippen molar-refractivity contribution in [1.82, 2.24) is 19.9 Å². The average Bonchev–Trinajstić information content (AvgIpc) is 3.32. The minimum absolute atomic E-state index is 0.140. The van der Waals surface area contributed by atoms with Crippen molar-refractivity contribution in [1.29, 1.82) is 0 Å². The number of hydrogen-bond donors (Lipinski definition) is 0. The number of nitrogens with zero attached hydrogens (tertiary/aromatic N) is 4. The number of thiophene rings is 1. The molecule has 0 fully saturated rings. The van der Waals surface area contributed by atoms with Gasteiger partial charge in [0, 0.05) is 18.0 Å². The average molecular weight is 372 g/mol. The second kappa shape index (κ2) is 6.34. The summed E-state index contributed by atoms with van der Waals surface area (Å²) >= 11 is 1.32. The van der Waals surface area contributed by atoms with Gasteiger partial charge in [0.25, 0.3) is 5.89 Å². The first-order valence-corrected chi connectivity index (χ1v) is 8.51. The van der Waals surface area contributed by atoms with Crippen molar-refractivity contribution < 1.29 is 18.4 Å². The molecule has 0 atom stereocenters. The monoisotopic (exact) mass is 372 g/mol. The second-order valence-electron chi connectivity index (χ2n) is 5.63. The molecule has 132 valence electrons. The van der Waals surface area contributed by atoms with E-state index in [1.165, 1.54) is 23.5 Å². The van der Waals surface area contributed by atoms with E-state index in [0.717, 1.165) is 15.9 Å². The van der Waals surface area contributed by atoms with E-state index in [-0.39, 0.29) is 18.3 Å². The van der Waals surface area contributed by atoms with Crippen molar-refractivity contribution in [3.8, 4) is 11.4 Å². The summed E-state index contributed by atoms with van der Waals surface area (Å²) in [5.74, 6) is -0.344. The van der Waals surface area contributed by atoms with Crippen LogP contribution >= 0.6 is 11.3 Å². The predicted molar refractivity (Wildman–Crippen MR) is 92.1 cm³/mol. The molecule has 26 heavy (non-hydrogen) atoms. The number of carbonyl (C=O) groups excluding carboxylic acids is 1. The van der Waals surface area contributed by atoms with Crippen LogP contribution in [0.2, 0.25) is 0 Å². The first-order chi connectivity index (χ1) is 12.5. The molecule has 0 amide bonds. The van der Waals surface area contributed by atoms with Gasteiger partial charge in [0.2, 0.25) is 5.82 Å². The number of benzene rings is 1. The first-order valence-electron chi connectivity index (χ1n) is 7.70. The minimum atomic E-state index is -0.466. The van der Waals surface area contributed by atoms with Gasteiger partial charge in [-0.2, -0.15) is 10.1 Å². The highest BCUT2D eigenvalue weighted by atomic mass is 32.1. The lowest BCUT2D eigenvalue weighted by Crippen LogP contribution is -2.03. The van der Waals surface area contributed by atoms with Gasteiger partial charge >= 0.3 is 5.97 Å². The van der Waals surface area contributed by atoms with Crippen molar-refractivity contribution in [2.24, 2.45) is 7.05 Å². The maximum Gasteiger partial charge on any atom is 0.348 e. The zero-order valence-corrected chi connectivity index (χ0v) is 14.7. The molecule has 4 aromatic rings. The molecule has 0 radical (unpaired) electrons. The van der Waals surface area contributed by atoms with Gasteiger partial charge in [0.1, 0.15) is 15.5 Å². The molecule has 0 saturated carbocycles. The Balaban J connectivity index is 1.45. The van der Waals surface area contributed by atoms with Gasteiger partial charge in [-0.3, -0.25) is 4.68 Å². The van der Waals surface area contributed by atoms with Crippen molar-refractivity contribution in [3.05, 3.63) is 52.6 Å². The molecule has 0 saturated heterocycles. The SMILES string of the molecule is Cc1nn(C)c2sc(C(=O)OCc3nc(-c4ccc(F)cc4)no3)cc12. The van der Waals surface area contributed by atoms with Gasteiger partial charge in [-0.05, 0) is 37.3 Å². The van der Waals surface area contributed by atoms with Crippen molar-refractivity contribution in [3.63, 3.8) is 0 Å². The molecule has 0 aliphatic carbocycles. The Kier molecular flexibility index (Phi) is 4.00. The molecule has 4 rings (SSSR count). The highest BCUT2D eigenvalue weighted by molar-refractivity contribution is 7.20. The van der Waals surface area contributed by atoms with E-state index in [0.29, 0.717) is 16.3 Å². The maximum atomic E-state index is 13.0. The summed E-state index contributed by atoms with van der Waals surface area (Å²) in [6.07, 6.45) is 0. The Morgan fingerprint density at radius 2 is 2.12 bits per heavy atom. The van der Waals surface area contributed by atoms with Crippen LogP contribution < -0.4 is 0 Å². The Labute approximate surface area is 151 Å². The third-order valence-corrected chi connectivity index (χ3v) is 4.98. The lowest BCUT2D eigenvalue weighted by atomic mass is 10.2. The molecule has 9 heteroatoms. The van der Waals surface area contributed by atoms with Crippen LogP contribution in [0.25, 0.3) is 21.6 Å². The summed E-state index contributed by atoms with van der Waals surface area (Å²) in [6, 6.07) is 7.48. The topological polar surface area (TPSA) is 83.0 Å². The zero-order chi connectivity index (χ0) is 18.3. The Morgan fingerprint density at radius 1 is 1.35 bits per heavy atom. The van der Waals surface area contributed by atoms with Crippen molar-refractivity contribution in [2.45, 2.75) is 13.5 Å². The molecule has 0 aliphatic heterocycles. The lowest BCUT2D eigenvalue weighted by Gasteiger charge is -1.98. The number of rotatable bonds is 4. The van der Waals surface area contributed by atoms with E-state index in [1.807, 2.05) is 14.0 Å². The smallest absolute Gasteiger partial charge is 0.348 e. The molecule has 3 aromatic heterocycles. The number of ether oxygens (including phenoxy) is 1. The minimum Gasteiger partial charge on any atom is -0.451 e. The van der Waals surface area contributed by atoms with Crippen molar-refractivity contribution in [2.75, 3.05) is 0 Å². The number of aryl methyl sites for hydroxylation is 2. The third-order valence-electron chi connectivity index (χ3n) is 3.79. The molecule has 1 aromatic carbocycles. The predicted octanol–water partition coefficient (Wildman–Crippen LogP) is 3.49. The van der Waals surface area contributed by atoms with Crippen LogP contribution in [0, 0.1) is 12.7 Å². The van der Waals surface area contributed by atoms with Crippen LogP contribution in [0.5, 0.6) is 0 Å². The highest BCUT2D eigenvalue weighted by Crippen LogP contribution is 2.28. The van der Waals surface area contributed by atoms with Gasteiger partial charge in [-0.1, -0.05) is 5.16 Å². The number of esters is 1. The summed E-state index contributed by atoms with van der Waals surface area (Å²) in [4.78, 5) is 17.8. The summed E-state index contributed by atoms with van der Waals surface area (Å²) in [5.41, 5.74) is 1.47. The quantitative estimate of drug-likeness (QED) is 0.510. The fraction of sp³-hybridized carbons (Fsp3) is 0.176. The Hall–Kier alpha value is -3.07. The second-order valence-corrected chi connectivity index (χ2v) is 6.66. The van der Waals surface area contributed by atoms with E-state index < -0.39 is 5.97 Å². The van der Waals surface area contributed by atoms with Gasteiger partial charge in [0.15, 0.2) is 6.61 Å². The summed E-state index contributed by atoms with van der Waals surface area (Å²) < 4.78 is 25.0. The molecule has 7 nitrogen and oxygen atoms in total.